The van der Waals surface area contributed by atoms with Crippen LogP contribution >= 0.6 is 0 Å². The molecule has 0 saturated carbocycles. The number of nitroso groups, excluding NO2 is 1. The lowest BCUT2D eigenvalue weighted by atomic mass is 10.4. The van der Waals surface area contributed by atoms with E-state index in [4.69, 9.17) is 0 Å². The molecule has 8 nitrogen and oxygen atoms in total. The zero-order chi connectivity index (χ0) is 13.5. The van der Waals surface area contributed by atoms with E-state index in [2.05, 4.69) is 4.74 Å². The molecule has 96 valence electrons. The monoisotopic (exact) mass is 254 g/mol. The van der Waals surface area contributed by atoms with Crippen LogP contribution in [0.5, 0.6) is 0 Å². The van der Waals surface area contributed by atoms with Crippen LogP contribution in [0.15, 0.2) is 17.3 Å². The molecule has 18 heavy (non-hydrogen) atoms. The van der Waals surface area contributed by atoms with Crippen molar-refractivity contribution in [3.8, 4) is 0 Å². The predicted molar refractivity (Wildman–Crippen MR) is 56.9 cm³/mol. The number of hydrogen-bond donors (Lipinski definition) is 0. The third-order valence-corrected chi connectivity index (χ3v) is 2.17. The molecule has 1 fully saturated rings. The van der Waals surface area contributed by atoms with Gasteiger partial charge in [-0.15, -0.1) is 4.91 Å². The number of rotatable bonds is 5. The molecule has 0 atom stereocenters. The Kier molecular flexibility index (Phi) is 4.85. The maximum atomic E-state index is 11.2. The van der Waals surface area contributed by atoms with Crippen molar-refractivity contribution in [2.45, 2.75) is 12.8 Å². The number of nitrogens with zero attached hydrogens (tertiary/aromatic N) is 2. The lowest BCUT2D eigenvalue weighted by molar-refractivity contribution is -0.144. The number of imide groups is 1. The maximum Gasteiger partial charge on any atom is 0.331 e. The fraction of sp³-hybridized carbons (Fsp3) is 0.400. The van der Waals surface area contributed by atoms with Crippen LogP contribution in [0.2, 0.25) is 0 Å². The van der Waals surface area contributed by atoms with Crippen LogP contribution in [0, 0.1) is 4.91 Å². The van der Waals surface area contributed by atoms with Gasteiger partial charge in [0.25, 0.3) is 0 Å². The minimum absolute atomic E-state index is 0.0167. The largest absolute Gasteiger partial charge is 0.461 e. The van der Waals surface area contributed by atoms with Gasteiger partial charge in [0.1, 0.15) is 6.61 Å². The van der Waals surface area contributed by atoms with Gasteiger partial charge in [-0.05, 0) is 0 Å². The second kappa shape index (κ2) is 6.38. The molecule has 8 heteroatoms. The molecule has 0 bridgehead atoms. The molecule has 0 aromatic heterocycles. The zero-order valence-corrected chi connectivity index (χ0v) is 9.33. The summed E-state index contributed by atoms with van der Waals surface area (Å²) in [4.78, 5) is 54.5. The molecule has 0 radical (unpaired) electrons. The Morgan fingerprint density at radius 3 is 2.39 bits per heavy atom. The highest BCUT2D eigenvalue weighted by Gasteiger charge is 2.28. The average molecular weight is 254 g/mol. The molecule has 0 aliphatic carbocycles. The predicted octanol–water partition coefficient (Wildman–Crippen LogP) is -0.472. The molecule has 1 aliphatic heterocycles. The van der Waals surface area contributed by atoms with Crippen molar-refractivity contribution in [2.24, 2.45) is 5.18 Å². The molecule has 1 aliphatic rings. The molecule has 0 N–H and O–H groups in total. The van der Waals surface area contributed by atoms with E-state index in [9.17, 15) is 24.1 Å². The first-order valence-electron chi connectivity index (χ1n) is 5.10. The van der Waals surface area contributed by atoms with E-state index >= 15 is 0 Å². The van der Waals surface area contributed by atoms with Gasteiger partial charge in [-0.2, -0.15) is 0 Å². The SMILES string of the molecule is O=NC(=O)/C=C\C(=O)OCCN1C(=O)CCC1=O. The Labute approximate surface area is 102 Å². The second-order valence-electron chi connectivity index (χ2n) is 3.37. The van der Waals surface area contributed by atoms with Gasteiger partial charge in [-0.25, -0.2) is 4.79 Å². The highest BCUT2D eigenvalue weighted by atomic mass is 16.5. The summed E-state index contributed by atoms with van der Waals surface area (Å²) >= 11 is 0. The van der Waals surface area contributed by atoms with Crippen LogP contribution in [0.25, 0.3) is 0 Å². The molecular weight excluding hydrogens is 244 g/mol. The van der Waals surface area contributed by atoms with Gasteiger partial charge in [0.05, 0.1) is 6.54 Å². The number of carbonyl (C=O) groups is 4. The highest BCUT2D eigenvalue weighted by molar-refractivity contribution is 6.01. The molecule has 0 aromatic rings. The first-order valence-corrected chi connectivity index (χ1v) is 5.10. The van der Waals surface area contributed by atoms with Crippen LogP contribution in [0.4, 0.5) is 0 Å². The molecule has 0 unspecified atom stereocenters. The van der Waals surface area contributed by atoms with Crippen molar-refractivity contribution in [3.05, 3.63) is 17.1 Å². The van der Waals surface area contributed by atoms with Crippen LogP contribution in [0.1, 0.15) is 12.8 Å². The van der Waals surface area contributed by atoms with Crippen LogP contribution in [0.3, 0.4) is 0 Å². The van der Waals surface area contributed by atoms with Crippen LogP contribution < -0.4 is 0 Å². The third-order valence-electron chi connectivity index (χ3n) is 2.17. The first kappa shape index (κ1) is 13.7. The van der Waals surface area contributed by atoms with Gasteiger partial charge in [0.15, 0.2) is 0 Å². The molecule has 0 aromatic carbocycles. The van der Waals surface area contributed by atoms with E-state index in [1.54, 1.807) is 0 Å². The van der Waals surface area contributed by atoms with Gasteiger partial charge < -0.3 is 4.74 Å². The Hall–Kier alpha value is -2.38. The smallest absolute Gasteiger partial charge is 0.331 e. The normalized spacial score (nSPS) is 15.2. The van der Waals surface area contributed by atoms with E-state index in [1.165, 1.54) is 0 Å². The van der Waals surface area contributed by atoms with E-state index < -0.39 is 11.9 Å². The molecule has 1 saturated heterocycles. The molecule has 0 spiro atoms. The van der Waals surface area contributed by atoms with Crippen molar-refractivity contribution >= 4 is 23.7 Å². The second-order valence-corrected chi connectivity index (χ2v) is 3.37. The minimum Gasteiger partial charge on any atom is -0.461 e. The van der Waals surface area contributed by atoms with Crippen molar-refractivity contribution in [3.63, 3.8) is 0 Å². The summed E-state index contributed by atoms with van der Waals surface area (Å²) < 4.78 is 4.63. The number of likely N-dealkylation sites (tertiary alicyclic amines) is 1. The summed E-state index contributed by atoms with van der Waals surface area (Å²) in [7, 11) is 0. The third kappa shape index (κ3) is 3.89. The minimum atomic E-state index is -1.10. The summed E-state index contributed by atoms with van der Waals surface area (Å²) in [5.41, 5.74) is 0. The van der Waals surface area contributed by atoms with Gasteiger partial charge >= 0.3 is 11.9 Å². The van der Waals surface area contributed by atoms with Crippen molar-refractivity contribution in [2.75, 3.05) is 13.2 Å². The van der Waals surface area contributed by atoms with E-state index in [-0.39, 0.29) is 37.8 Å². The number of hydrogen-bond acceptors (Lipinski definition) is 6. The number of carbonyl (C=O) groups excluding carboxylic acids is 4. The number of esters is 1. The van der Waals surface area contributed by atoms with Crippen molar-refractivity contribution in [1.29, 1.82) is 0 Å². The molecule has 3 amide bonds. The summed E-state index contributed by atoms with van der Waals surface area (Å²) in [5, 5.41) is 2.04. The van der Waals surface area contributed by atoms with Gasteiger partial charge in [0.2, 0.25) is 11.8 Å². The lowest BCUT2D eigenvalue weighted by Crippen LogP contribution is -2.32. The summed E-state index contributed by atoms with van der Waals surface area (Å²) in [5.74, 6) is -2.55. The first-order chi connectivity index (χ1) is 8.54. The number of amides is 3. The molecule has 1 rings (SSSR count). The summed E-state index contributed by atoms with van der Waals surface area (Å²) in [6, 6.07) is 0. The topological polar surface area (TPSA) is 110 Å². The molecular formula is C10H10N2O6. The standard InChI is InChI=1S/C10H10N2O6/c13-7(11-17)1-4-10(16)18-6-5-12-8(14)2-3-9(12)15/h1,4H,2-3,5-6H2/b4-1-. The Morgan fingerprint density at radius 2 is 1.83 bits per heavy atom. The summed E-state index contributed by atoms with van der Waals surface area (Å²) in [6.45, 7) is -0.180. The van der Waals surface area contributed by atoms with Crippen molar-refractivity contribution in [1.82, 2.24) is 4.90 Å². The number of ether oxygens (including phenoxy) is 1. The van der Waals surface area contributed by atoms with Crippen molar-refractivity contribution < 1.29 is 23.9 Å². The fourth-order valence-electron chi connectivity index (χ4n) is 1.33. The van der Waals surface area contributed by atoms with E-state index in [1.807, 2.05) is 5.18 Å². The van der Waals surface area contributed by atoms with Gasteiger partial charge in [-0.3, -0.25) is 19.3 Å². The fourth-order valence-corrected chi connectivity index (χ4v) is 1.33. The van der Waals surface area contributed by atoms with E-state index in [0.29, 0.717) is 6.08 Å². The Balaban J connectivity index is 2.29. The van der Waals surface area contributed by atoms with Gasteiger partial charge in [0, 0.05) is 30.2 Å². The molecule has 1 heterocycles. The Morgan fingerprint density at radius 1 is 1.22 bits per heavy atom. The van der Waals surface area contributed by atoms with Gasteiger partial charge in [-0.1, -0.05) is 0 Å². The Bertz CT molecular complexity index is 412. The van der Waals surface area contributed by atoms with E-state index in [0.717, 1.165) is 11.0 Å². The quantitative estimate of drug-likeness (QED) is 0.284. The highest BCUT2D eigenvalue weighted by Crippen LogP contribution is 2.10. The maximum absolute atomic E-state index is 11.2. The zero-order valence-electron chi connectivity index (χ0n) is 9.33. The summed E-state index contributed by atoms with van der Waals surface area (Å²) in [6.07, 6.45) is 1.76. The van der Waals surface area contributed by atoms with Crippen LogP contribution in [-0.4, -0.2) is 41.7 Å². The van der Waals surface area contributed by atoms with Crippen LogP contribution in [-0.2, 0) is 23.9 Å². The average Bonchev–Trinajstić information content (AvgIpc) is 2.67. The lowest BCUT2D eigenvalue weighted by Gasteiger charge is -2.12.